The van der Waals surface area contributed by atoms with Crippen molar-refractivity contribution < 1.29 is 13.9 Å². The minimum Gasteiger partial charge on any atom is -0.455 e. The van der Waals surface area contributed by atoms with Crippen LogP contribution in [0.5, 0.6) is 0 Å². The van der Waals surface area contributed by atoms with Crippen LogP contribution in [-0.4, -0.2) is 11.7 Å². The molecule has 3 aromatic carbocycles. The minimum absolute atomic E-state index is 0.0956. The lowest BCUT2D eigenvalue weighted by Crippen LogP contribution is -2.52. The molecule has 1 aromatic heterocycles. The number of para-hydroxylation sites is 1. The summed E-state index contributed by atoms with van der Waals surface area (Å²) in [6, 6.07) is 23.0. The third kappa shape index (κ3) is 4.69. The maximum atomic E-state index is 13.9. The SMILES string of the molecule is C=Cc1cccc2c(=O)c(-c3ccc(C4(NC(=O)OC(C)(C)C)CCC4)cc3)c(-c3ccccc3)oc12. The van der Waals surface area contributed by atoms with Crippen LogP contribution in [0.2, 0.25) is 0 Å². The van der Waals surface area contributed by atoms with Gasteiger partial charge in [-0.2, -0.15) is 0 Å². The molecule has 0 aliphatic heterocycles. The molecule has 1 heterocycles. The second-order valence-electron chi connectivity index (χ2n) is 10.6. The van der Waals surface area contributed by atoms with Crippen molar-refractivity contribution in [1.82, 2.24) is 5.32 Å². The summed E-state index contributed by atoms with van der Waals surface area (Å²) < 4.78 is 11.9. The van der Waals surface area contributed by atoms with Crippen LogP contribution in [0.1, 0.15) is 51.2 Å². The van der Waals surface area contributed by atoms with Crippen LogP contribution in [-0.2, 0) is 10.3 Å². The fourth-order valence-electron chi connectivity index (χ4n) is 4.93. The van der Waals surface area contributed by atoms with E-state index in [0.29, 0.717) is 22.3 Å². The van der Waals surface area contributed by atoms with Gasteiger partial charge in [-0.15, -0.1) is 0 Å². The molecule has 1 amide bonds. The summed E-state index contributed by atoms with van der Waals surface area (Å²) in [5, 5.41) is 3.61. The molecule has 0 saturated heterocycles. The number of amides is 1. The second-order valence-corrected chi connectivity index (χ2v) is 10.6. The first-order valence-electron chi connectivity index (χ1n) is 12.6. The zero-order chi connectivity index (χ0) is 26.2. The smallest absolute Gasteiger partial charge is 0.408 e. The lowest BCUT2D eigenvalue weighted by atomic mass is 9.71. The molecule has 188 valence electrons. The van der Waals surface area contributed by atoms with Gasteiger partial charge >= 0.3 is 6.09 Å². The van der Waals surface area contributed by atoms with E-state index in [2.05, 4.69) is 11.9 Å². The predicted molar refractivity (Wildman–Crippen MR) is 148 cm³/mol. The zero-order valence-corrected chi connectivity index (χ0v) is 21.5. The number of hydrogen-bond acceptors (Lipinski definition) is 4. The van der Waals surface area contributed by atoms with Crippen molar-refractivity contribution >= 4 is 23.1 Å². The summed E-state index contributed by atoms with van der Waals surface area (Å²) in [6.07, 6.45) is 3.97. The summed E-state index contributed by atoms with van der Waals surface area (Å²) in [7, 11) is 0. The number of hydrogen-bond donors (Lipinski definition) is 1. The van der Waals surface area contributed by atoms with Crippen LogP contribution in [0.15, 0.2) is 88.6 Å². The lowest BCUT2D eigenvalue weighted by molar-refractivity contribution is 0.0377. The van der Waals surface area contributed by atoms with Gasteiger partial charge in [0.25, 0.3) is 0 Å². The Bertz CT molecular complexity index is 1520. The molecule has 1 saturated carbocycles. The van der Waals surface area contributed by atoms with Gasteiger partial charge < -0.3 is 14.5 Å². The maximum absolute atomic E-state index is 13.9. The largest absolute Gasteiger partial charge is 0.455 e. The van der Waals surface area contributed by atoms with Gasteiger partial charge in [-0.1, -0.05) is 79.4 Å². The van der Waals surface area contributed by atoms with E-state index in [-0.39, 0.29) is 5.43 Å². The van der Waals surface area contributed by atoms with E-state index in [1.54, 1.807) is 12.1 Å². The normalized spacial score (nSPS) is 14.6. The first-order valence-corrected chi connectivity index (χ1v) is 12.6. The van der Waals surface area contributed by atoms with Crippen molar-refractivity contribution in [1.29, 1.82) is 0 Å². The van der Waals surface area contributed by atoms with E-state index in [1.165, 1.54) is 0 Å². The molecule has 0 bridgehead atoms. The number of carbonyl (C=O) groups is 1. The highest BCUT2D eigenvalue weighted by Gasteiger charge is 2.41. The van der Waals surface area contributed by atoms with Crippen molar-refractivity contribution in [3.05, 3.63) is 101 Å². The molecule has 1 aliphatic rings. The number of alkyl carbamates (subject to hydrolysis) is 1. The number of carbonyl (C=O) groups excluding carboxylic acids is 1. The van der Waals surface area contributed by atoms with E-state index in [9.17, 15) is 9.59 Å². The molecule has 0 radical (unpaired) electrons. The Morgan fingerprint density at radius 2 is 1.68 bits per heavy atom. The molecule has 0 unspecified atom stereocenters. The molecular formula is C32H31NO4. The van der Waals surface area contributed by atoms with E-state index in [1.807, 2.05) is 87.5 Å². The van der Waals surface area contributed by atoms with E-state index >= 15 is 0 Å². The van der Waals surface area contributed by atoms with E-state index in [0.717, 1.165) is 41.5 Å². The third-order valence-corrected chi connectivity index (χ3v) is 6.88. The van der Waals surface area contributed by atoms with Crippen LogP contribution in [0.4, 0.5) is 4.79 Å². The maximum Gasteiger partial charge on any atom is 0.408 e. The van der Waals surface area contributed by atoms with Gasteiger partial charge in [0.05, 0.1) is 16.5 Å². The topological polar surface area (TPSA) is 68.5 Å². The third-order valence-electron chi connectivity index (χ3n) is 6.88. The summed E-state index contributed by atoms with van der Waals surface area (Å²) >= 11 is 0. The summed E-state index contributed by atoms with van der Waals surface area (Å²) in [5.41, 5.74) is 3.25. The Labute approximate surface area is 216 Å². The first kappa shape index (κ1) is 24.6. The molecule has 1 N–H and O–H groups in total. The molecule has 37 heavy (non-hydrogen) atoms. The highest BCUT2D eigenvalue weighted by molar-refractivity contribution is 5.92. The summed E-state index contributed by atoms with van der Waals surface area (Å²) in [5.74, 6) is 0.519. The van der Waals surface area contributed by atoms with Crippen molar-refractivity contribution in [2.24, 2.45) is 0 Å². The standard InChI is InChI=1S/C32H31NO4/c1-5-21-13-9-14-25-27(34)26(29(36-28(21)25)23-11-7-6-8-12-23)22-15-17-24(18-16-22)32(19-10-20-32)33-30(35)37-31(2,3)4/h5-9,11-18H,1,10,19-20H2,2-4H3,(H,33,35). The monoisotopic (exact) mass is 493 g/mol. The minimum atomic E-state index is -0.567. The molecule has 5 heteroatoms. The quantitative estimate of drug-likeness (QED) is 0.310. The van der Waals surface area contributed by atoms with Gasteiger partial charge in [-0.25, -0.2) is 4.79 Å². The Morgan fingerprint density at radius 3 is 2.27 bits per heavy atom. The average molecular weight is 494 g/mol. The molecule has 0 spiro atoms. The first-order chi connectivity index (χ1) is 17.7. The molecule has 5 rings (SSSR count). The Morgan fingerprint density at radius 1 is 0.973 bits per heavy atom. The van der Waals surface area contributed by atoms with Crippen LogP contribution in [0, 0.1) is 0 Å². The van der Waals surface area contributed by atoms with Gasteiger partial charge in [0.15, 0.2) is 0 Å². The molecular weight excluding hydrogens is 462 g/mol. The van der Waals surface area contributed by atoms with Crippen LogP contribution < -0.4 is 10.7 Å². The fourth-order valence-corrected chi connectivity index (χ4v) is 4.93. The Hall–Kier alpha value is -4.12. The summed E-state index contributed by atoms with van der Waals surface area (Å²) in [4.78, 5) is 26.4. The van der Waals surface area contributed by atoms with Crippen molar-refractivity contribution in [3.8, 4) is 22.5 Å². The van der Waals surface area contributed by atoms with Gasteiger partial charge in [0, 0.05) is 11.1 Å². The molecule has 1 fully saturated rings. The second kappa shape index (κ2) is 9.40. The zero-order valence-electron chi connectivity index (χ0n) is 21.5. The number of fused-ring (bicyclic) bond motifs is 1. The van der Waals surface area contributed by atoms with Crippen molar-refractivity contribution in [2.75, 3.05) is 0 Å². The van der Waals surface area contributed by atoms with Crippen LogP contribution in [0.3, 0.4) is 0 Å². The van der Waals surface area contributed by atoms with Gasteiger partial charge in [-0.05, 0) is 57.2 Å². The predicted octanol–water partition coefficient (Wildman–Crippen LogP) is 7.67. The van der Waals surface area contributed by atoms with Gasteiger partial charge in [0.1, 0.15) is 16.9 Å². The Kier molecular flexibility index (Phi) is 6.24. The Balaban J connectivity index is 1.60. The van der Waals surface area contributed by atoms with E-state index < -0.39 is 17.2 Å². The summed E-state index contributed by atoms with van der Waals surface area (Å²) in [6.45, 7) is 9.44. The van der Waals surface area contributed by atoms with Gasteiger partial charge in [0.2, 0.25) is 5.43 Å². The number of ether oxygens (including phenoxy) is 1. The average Bonchev–Trinajstić information content (AvgIpc) is 2.85. The van der Waals surface area contributed by atoms with Crippen molar-refractivity contribution in [3.63, 3.8) is 0 Å². The molecule has 0 atom stereocenters. The number of rotatable bonds is 5. The van der Waals surface area contributed by atoms with Gasteiger partial charge in [-0.3, -0.25) is 4.79 Å². The van der Waals surface area contributed by atoms with Crippen LogP contribution >= 0.6 is 0 Å². The highest BCUT2D eigenvalue weighted by Crippen LogP contribution is 2.42. The van der Waals surface area contributed by atoms with Crippen LogP contribution in [0.25, 0.3) is 39.5 Å². The molecule has 5 nitrogen and oxygen atoms in total. The van der Waals surface area contributed by atoms with Crippen molar-refractivity contribution in [2.45, 2.75) is 51.2 Å². The molecule has 1 aliphatic carbocycles. The fraction of sp³-hybridized carbons (Fsp3) is 0.250. The van der Waals surface area contributed by atoms with E-state index in [4.69, 9.17) is 9.15 Å². The molecule has 4 aromatic rings. The number of benzene rings is 3. The lowest BCUT2D eigenvalue weighted by Gasteiger charge is -2.43. The number of nitrogens with one attached hydrogen (secondary N) is 1. The highest BCUT2D eigenvalue weighted by atomic mass is 16.6.